The molecule has 1 fully saturated rings. The average molecular weight is 166 g/mol. The molecule has 0 spiro atoms. The molecule has 66 valence electrons. The number of Topliss-reactive ketones (excluding diaryl/α,β-unsaturated/α-hetero) is 1. The molecule has 2 aliphatic rings. The Hall–Kier alpha value is -0.790. The molecule has 12 heavy (non-hydrogen) atoms. The summed E-state index contributed by atoms with van der Waals surface area (Å²) < 4.78 is 0. The maximum Gasteiger partial charge on any atom is 0.165 e. The number of aliphatic hydroxyl groups is 1. The first-order valence-electron chi connectivity index (χ1n) is 4.65. The van der Waals surface area contributed by atoms with Crippen molar-refractivity contribution in [3.05, 3.63) is 11.3 Å². The number of fused-ring (bicyclic) bond motifs is 1. The van der Waals surface area contributed by atoms with Crippen molar-refractivity contribution in [2.45, 2.75) is 32.6 Å². The van der Waals surface area contributed by atoms with Gasteiger partial charge in [-0.2, -0.15) is 0 Å². The normalized spacial score (nSPS) is 35.6. The van der Waals surface area contributed by atoms with Crippen LogP contribution >= 0.6 is 0 Å². The molecule has 2 heteroatoms. The molecule has 0 unspecified atom stereocenters. The smallest absolute Gasteiger partial charge is 0.165 e. The second kappa shape index (κ2) is 2.61. The van der Waals surface area contributed by atoms with Gasteiger partial charge in [0.2, 0.25) is 0 Å². The first-order chi connectivity index (χ1) is 5.72. The molecule has 2 aliphatic carbocycles. The van der Waals surface area contributed by atoms with Crippen LogP contribution in [0.3, 0.4) is 0 Å². The molecule has 0 aliphatic heterocycles. The summed E-state index contributed by atoms with van der Waals surface area (Å²) in [7, 11) is 0. The SMILES string of the molecule is CC1=C(O)[C@@H]2CCCC[C@@H]2C1=O. The van der Waals surface area contributed by atoms with Crippen LogP contribution in [0.2, 0.25) is 0 Å². The van der Waals surface area contributed by atoms with Crippen LogP contribution in [0.15, 0.2) is 11.3 Å². The summed E-state index contributed by atoms with van der Waals surface area (Å²) in [5, 5.41) is 9.62. The predicted molar refractivity (Wildman–Crippen MR) is 45.8 cm³/mol. The number of carbonyl (C=O) groups is 1. The van der Waals surface area contributed by atoms with Gasteiger partial charge in [-0.1, -0.05) is 12.8 Å². The van der Waals surface area contributed by atoms with Crippen LogP contribution in [0.25, 0.3) is 0 Å². The lowest BCUT2D eigenvalue weighted by Crippen LogP contribution is -2.21. The van der Waals surface area contributed by atoms with Crippen molar-refractivity contribution >= 4 is 5.78 Å². The first kappa shape index (κ1) is 7.84. The Labute approximate surface area is 72.3 Å². The van der Waals surface area contributed by atoms with Gasteiger partial charge in [-0.3, -0.25) is 4.79 Å². The Bertz CT molecular complexity index is 253. The zero-order chi connectivity index (χ0) is 8.72. The van der Waals surface area contributed by atoms with Crippen molar-refractivity contribution < 1.29 is 9.90 Å². The van der Waals surface area contributed by atoms with E-state index in [0.29, 0.717) is 11.3 Å². The van der Waals surface area contributed by atoms with Crippen LogP contribution in [0.4, 0.5) is 0 Å². The van der Waals surface area contributed by atoms with Gasteiger partial charge in [0.25, 0.3) is 0 Å². The molecule has 0 aromatic carbocycles. The van der Waals surface area contributed by atoms with Gasteiger partial charge >= 0.3 is 0 Å². The molecular formula is C10H14O2. The van der Waals surface area contributed by atoms with E-state index in [9.17, 15) is 9.90 Å². The van der Waals surface area contributed by atoms with Gasteiger partial charge in [0, 0.05) is 17.4 Å². The van der Waals surface area contributed by atoms with E-state index >= 15 is 0 Å². The summed E-state index contributed by atoms with van der Waals surface area (Å²) in [6, 6.07) is 0. The maximum atomic E-state index is 11.5. The highest BCUT2D eigenvalue weighted by atomic mass is 16.3. The van der Waals surface area contributed by atoms with Gasteiger partial charge in [-0.25, -0.2) is 0 Å². The molecule has 2 atom stereocenters. The van der Waals surface area contributed by atoms with E-state index in [1.807, 2.05) is 0 Å². The largest absolute Gasteiger partial charge is 0.512 e. The van der Waals surface area contributed by atoms with Crippen LogP contribution < -0.4 is 0 Å². The van der Waals surface area contributed by atoms with Gasteiger partial charge in [-0.15, -0.1) is 0 Å². The average Bonchev–Trinajstić information content (AvgIpc) is 2.33. The molecule has 0 aromatic heterocycles. The monoisotopic (exact) mass is 166 g/mol. The minimum absolute atomic E-state index is 0.124. The fraction of sp³-hybridized carbons (Fsp3) is 0.700. The van der Waals surface area contributed by atoms with Gasteiger partial charge in [-0.05, 0) is 19.8 Å². The van der Waals surface area contributed by atoms with E-state index in [0.717, 1.165) is 25.7 Å². The summed E-state index contributed by atoms with van der Waals surface area (Å²) in [4.78, 5) is 11.5. The highest BCUT2D eigenvalue weighted by Crippen LogP contribution is 2.42. The van der Waals surface area contributed by atoms with Crippen LogP contribution in [0, 0.1) is 11.8 Å². The number of aliphatic hydroxyl groups excluding tert-OH is 1. The van der Waals surface area contributed by atoms with Gasteiger partial charge in [0.15, 0.2) is 5.78 Å². The first-order valence-corrected chi connectivity index (χ1v) is 4.65. The lowest BCUT2D eigenvalue weighted by molar-refractivity contribution is -0.119. The Morgan fingerprint density at radius 3 is 2.42 bits per heavy atom. The van der Waals surface area contributed by atoms with Crippen molar-refractivity contribution in [1.82, 2.24) is 0 Å². The zero-order valence-corrected chi connectivity index (χ0v) is 7.34. The summed E-state index contributed by atoms with van der Waals surface area (Å²) in [5.41, 5.74) is 0.618. The molecule has 0 heterocycles. The van der Waals surface area contributed by atoms with Crippen LogP contribution in [0.1, 0.15) is 32.6 Å². The molecule has 1 N–H and O–H groups in total. The van der Waals surface area contributed by atoms with Crippen LogP contribution in [-0.2, 0) is 4.79 Å². The predicted octanol–water partition coefficient (Wildman–Crippen LogP) is 2.21. The quantitative estimate of drug-likeness (QED) is 0.599. The Balaban J connectivity index is 2.29. The second-order valence-corrected chi connectivity index (χ2v) is 3.87. The molecule has 1 saturated carbocycles. The number of hydrogen-bond acceptors (Lipinski definition) is 2. The molecule has 2 nitrogen and oxygen atoms in total. The Morgan fingerprint density at radius 1 is 1.25 bits per heavy atom. The number of carbonyl (C=O) groups excluding carboxylic acids is 1. The molecular weight excluding hydrogens is 152 g/mol. The van der Waals surface area contributed by atoms with E-state index in [4.69, 9.17) is 0 Å². The van der Waals surface area contributed by atoms with E-state index in [1.165, 1.54) is 0 Å². The highest BCUT2D eigenvalue weighted by molar-refractivity contribution is 6.00. The number of rotatable bonds is 0. The topological polar surface area (TPSA) is 37.3 Å². The third-order valence-corrected chi connectivity index (χ3v) is 3.21. The fourth-order valence-electron chi connectivity index (χ4n) is 2.45. The Morgan fingerprint density at radius 2 is 1.83 bits per heavy atom. The number of allylic oxidation sites excluding steroid dienone is 2. The van der Waals surface area contributed by atoms with Gasteiger partial charge in [0.05, 0.1) is 0 Å². The van der Waals surface area contributed by atoms with Gasteiger partial charge < -0.3 is 5.11 Å². The zero-order valence-electron chi connectivity index (χ0n) is 7.34. The summed E-state index contributed by atoms with van der Waals surface area (Å²) in [6.07, 6.45) is 4.28. The van der Waals surface area contributed by atoms with Gasteiger partial charge in [0.1, 0.15) is 5.76 Å². The molecule has 2 rings (SSSR count). The third-order valence-electron chi connectivity index (χ3n) is 3.21. The van der Waals surface area contributed by atoms with Crippen molar-refractivity contribution in [1.29, 1.82) is 0 Å². The van der Waals surface area contributed by atoms with Crippen molar-refractivity contribution in [2.75, 3.05) is 0 Å². The molecule has 0 radical (unpaired) electrons. The lowest BCUT2D eigenvalue weighted by atomic mass is 9.80. The fourth-order valence-corrected chi connectivity index (χ4v) is 2.45. The minimum Gasteiger partial charge on any atom is -0.512 e. The molecule has 0 aromatic rings. The van der Waals surface area contributed by atoms with Crippen molar-refractivity contribution in [3.8, 4) is 0 Å². The van der Waals surface area contributed by atoms with E-state index in [2.05, 4.69) is 0 Å². The number of ketones is 1. The summed E-state index contributed by atoms with van der Waals surface area (Å²) in [6.45, 7) is 1.75. The van der Waals surface area contributed by atoms with Crippen LogP contribution in [-0.4, -0.2) is 10.9 Å². The van der Waals surface area contributed by atoms with E-state index in [1.54, 1.807) is 6.92 Å². The maximum absolute atomic E-state index is 11.5. The van der Waals surface area contributed by atoms with Crippen molar-refractivity contribution in [3.63, 3.8) is 0 Å². The van der Waals surface area contributed by atoms with Crippen LogP contribution in [0.5, 0.6) is 0 Å². The minimum atomic E-state index is 0.124. The summed E-state index contributed by atoms with van der Waals surface area (Å²) in [5.74, 6) is 0.868. The Kier molecular flexibility index (Phi) is 1.71. The molecule has 0 amide bonds. The molecule has 0 saturated heterocycles. The van der Waals surface area contributed by atoms with E-state index in [-0.39, 0.29) is 17.6 Å². The lowest BCUT2D eigenvalue weighted by Gasteiger charge is -2.23. The second-order valence-electron chi connectivity index (χ2n) is 3.87. The third kappa shape index (κ3) is 0.904. The summed E-state index contributed by atoms with van der Waals surface area (Å²) >= 11 is 0. The highest BCUT2D eigenvalue weighted by Gasteiger charge is 2.41. The molecule has 0 bridgehead atoms. The standard InChI is InChI=1S/C10H14O2/c1-6-9(11)7-4-2-3-5-8(7)10(6)12/h7-8,11H,2-5H2,1H3/t7-,8+/m1/s1. The van der Waals surface area contributed by atoms with Crippen molar-refractivity contribution in [2.24, 2.45) is 11.8 Å². The number of hydrogen-bond donors (Lipinski definition) is 1. The van der Waals surface area contributed by atoms with E-state index < -0.39 is 0 Å².